The fraction of sp³-hybridized carbons (Fsp3) is 0.273. The summed E-state index contributed by atoms with van der Waals surface area (Å²) in [5, 5.41) is 17.7. The zero-order valence-corrected chi connectivity index (χ0v) is 7.81. The van der Waals surface area contributed by atoms with Crippen molar-refractivity contribution in [2.75, 3.05) is 0 Å². The summed E-state index contributed by atoms with van der Waals surface area (Å²) in [4.78, 5) is 8.46. The molecule has 1 heterocycles. The van der Waals surface area contributed by atoms with Crippen molar-refractivity contribution in [3.63, 3.8) is 0 Å². The fourth-order valence-corrected chi connectivity index (χ4v) is 2.27. The molecule has 0 spiro atoms. The molecule has 1 aromatic heterocycles. The van der Waals surface area contributed by atoms with Gasteiger partial charge in [-0.15, -0.1) is 0 Å². The molecule has 70 valence electrons. The Morgan fingerprint density at radius 1 is 1.00 bits per heavy atom. The van der Waals surface area contributed by atoms with Gasteiger partial charge in [-0.05, 0) is 6.42 Å². The van der Waals surface area contributed by atoms with E-state index in [1.54, 1.807) is 0 Å². The molecule has 0 aliphatic heterocycles. The molecule has 0 radical (unpaired) electrons. The van der Waals surface area contributed by atoms with Gasteiger partial charge in [-0.25, -0.2) is 9.97 Å². The quantitative estimate of drug-likeness (QED) is 0.584. The number of nitriles is 2. The van der Waals surface area contributed by atoms with Gasteiger partial charge in [0, 0.05) is 11.8 Å². The molecule has 0 N–H and O–H groups in total. The molecule has 2 aliphatic rings. The van der Waals surface area contributed by atoms with Gasteiger partial charge in [-0.2, -0.15) is 10.5 Å². The highest BCUT2D eigenvalue weighted by Crippen LogP contribution is 2.46. The molecule has 0 aromatic carbocycles. The Labute approximate surface area is 86.5 Å². The molecule has 0 saturated carbocycles. The van der Waals surface area contributed by atoms with Crippen molar-refractivity contribution in [3.8, 4) is 12.1 Å². The second-order valence-corrected chi connectivity index (χ2v) is 3.75. The van der Waals surface area contributed by atoms with Crippen molar-refractivity contribution in [1.29, 1.82) is 10.5 Å². The van der Waals surface area contributed by atoms with Crippen LogP contribution >= 0.6 is 0 Å². The third kappa shape index (κ3) is 0.936. The van der Waals surface area contributed by atoms with E-state index in [1.165, 1.54) is 0 Å². The molecule has 2 bridgehead atoms. The maximum atomic E-state index is 8.83. The van der Waals surface area contributed by atoms with Crippen LogP contribution in [0.5, 0.6) is 0 Å². The van der Waals surface area contributed by atoms with E-state index < -0.39 is 0 Å². The largest absolute Gasteiger partial charge is 0.237 e. The smallest absolute Gasteiger partial charge is 0.177 e. The van der Waals surface area contributed by atoms with Crippen LogP contribution in [0.2, 0.25) is 0 Å². The van der Waals surface area contributed by atoms with Crippen LogP contribution in [-0.4, -0.2) is 9.97 Å². The minimum absolute atomic E-state index is 0.150. The lowest BCUT2D eigenvalue weighted by Crippen LogP contribution is -2.05. The Morgan fingerprint density at radius 2 is 1.47 bits per heavy atom. The van der Waals surface area contributed by atoms with Crippen LogP contribution < -0.4 is 0 Å². The van der Waals surface area contributed by atoms with Gasteiger partial charge < -0.3 is 0 Å². The second-order valence-electron chi connectivity index (χ2n) is 3.75. The third-order valence-electron chi connectivity index (χ3n) is 2.95. The van der Waals surface area contributed by atoms with E-state index in [9.17, 15) is 0 Å². The van der Waals surface area contributed by atoms with Gasteiger partial charge in [0.2, 0.25) is 0 Å². The lowest BCUT2D eigenvalue weighted by molar-refractivity contribution is 0.790. The van der Waals surface area contributed by atoms with E-state index in [0.717, 1.165) is 17.8 Å². The molecule has 2 unspecified atom stereocenters. The van der Waals surface area contributed by atoms with Crippen molar-refractivity contribution >= 4 is 0 Å². The fourth-order valence-electron chi connectivity index (χ4n) is 2.27. The normalized spacial score (nSPS) is 24.7. The number of rotatable bonds is 0. The molecule has 0 amide bonds. The number of allylic oxidation sites excluding steroid dienone is 2. The topological polar surface area (TPSA) is 73.4 Å². The van der Waals surface area contributed by atoms with Crippen LogP contribution in [0.4, 0.5) is 0 Å². The van der Waals surface area contributed by atoms with E-state index >= 15 is 0 Å². The maximum Gasteiger partial charge on any atom is 0.177 e. The highest BCUT2D eigenvalue weighted by atomic mass is 14.9. The van der Waals surface area contributed by atoms with Crippen LogP contribution in [0.25, 0.3) is 0 Å². The van der Waals surface area contributed by atoms with Gasteiger partial charge in [-0.1, -0.05) is 12.2 Å². The summed E-state index contributed by atoms with van der Waals surface area (Å²) in [6.07, 6.45) is 5.21. The summed E-state index contributed by atoms with van der Waals surface area (Å²) in [6, 6.07) is 3.83. The lowest BCUT2D eigenvalue weighted by atomic mass is 10.1. The Hall–Kier alpha value is -2.20. The zero-order valence-electron chi connectivity index (χ0n) is 7.81. The summed E-state index contributed by atoms with van der Waals surface area (Å²) < 4.78 is 0. The summed E-state index contributed by atoms with van der Waals surface area (Å²) in [5.74, 6) is 0.606. The number of hydrogen-bond donors (Lipinski definition) is 0. The molecular formula is C11H6N4. The van der Waals surface area contributed by atoms with Gasteiger partial charge >= 0.3 is 0 Å². The molecule has 4 heteroatoms. The Morgan fingerprint density at radius 3 is 1.87 bits per heavy atom. The van der Waals surface area contributed by atoms with Crippen molar-refractivity contribution < 1.29 is 0 Å². The predicted octanol–water partition coefficient (Wildman–Crippen LogP) is 1.36. The number of fused-ring (bicyclic) bond motifs is 5. The first kappa shape index (κ1) is 8.14. The van der Waals surface area contributed by atoms with Crippen LogP contribution in [0, 0.1) is 22.7 Å². The number of hydrogen-bond acceptors (Lipinski definition) is 4. The molecule has 15 heavy (non-hydrogen) atoms. The molecule has 4 nitrogen and oxygen atoms in total. The number of aromatic nitrogens is 2. The maximum absolute atomic E-state index is 8.83. The van der Waals surface area contributed by atoms with Crippen LogP contribution in [0.3, 0.4) is 0 Å². The van der Waals surface area contributed by atoms with Gasteiger partial charge in [0.25, 0.3) is 0 Å². The molecule has 3 rings (SSSR count). The Bertz CT molecular complexity index is 510. The minimum Gasteiger partial charge on any atom is -0.237 e. The highest BCUT2D eigenvalue weighted by Gasteiger charge is 2.36. The second kappa shape index (κ2) is 2.65. The third-order valence-corrected chi connectivity index (χ3v) is 2.95. The highest BCUT2D eigenvalue weighted by molar-refractivity contribution is 5.45. The average molecular weight is 194 g/mol. The lowest BCUT2D eigenvalue weighted by Gasteiger charge is -2.08. The Kier molecular flexibility index (Phi) is 1.44. The number of nitrogens with zero attached hydrogens (tertiary/aromatic N) is 4. The standard InChI is InChI=1S/C11H6N4/c12-4-8-9(5-13)15-11-7-2-1-6(3-7)10(11)14-8/h1-2,6-7H,3H2. The predicted molar refractivity (Wildman–Crippen MR) is 50.7 cm³/mol. The molecule has 0 fully saturated rings. The van der Waals surface area contributed by atoms with Crippen molar-refractivity contribution in [3.05, 3.63) is 34.9 Å². The van der Waals surface area contributed by atoms with E-state index in [0.29, 0.717) is 11.8 Å². The average Bonchev–Trinajstić information content (AvgIpc) is 2.88. The molecule has 1 aromatic rings. The van der Waals surface area contributed by atoms with E-state index in [4.69, 9.17) is 10.5 Å². The van der Waals surface area contributed by atoms with Gasteiger partial charge in [0.1, 0.15) is 12.1 Å². The van der Waals surface area contributed by atoms with Gasteiger partial charge in [0.15, 0.2) is 11.4 Å². The summed E-state index contributed by atoms with van der Waals surface area (Å²) in [7, 11) is 0. The van der Waals surface area contributed by atoms with Crippen LogP contribution in [-0.2, 0) is 0 Å². The van der Waals surface area contributed by atoms with Gasteiger partial charge in [0.05, 0.1) is 11.4 Å². The van der Waals surface area contributed by atoms with Crippen molar-refractivity contribution in [2.45, 2.75) is 18.3 Å². The first-order valence-corrected chi connectivity index (χ1v) is 4.74. The van der Waals surface area contributed by atoms with E-state index in [1.807, 2.05) is 12.1 Å². The molecule has 0 saturated heterocycles. The minimum atomic E-state index is 0.150. The molecular weight excluding hydrogens is 188 g/mol. The van der Waals surface area contributed by atoms with Crippen molar-refractivity contribution in [1.82, 2.24) is 9.97 Å². The van der Waals surface area contributed by atoms with Crippen molar-refractivity contribution in [2.24, 2.45) is 0 Å². The van der Waals surface area contributed by atoms with Crippen LogP contribution in [0.1, 0.15) is 41.0 Å². The Balaban J connectivity index is 2.26. The molecule has 2 aliphatic carbocycles. The monoisotopic (exact) mass is 194 g/mol. The molecule has 2 atom stereocenters. The van der Waals surface area contributed by atoms with E-state index in [-0.39, 0.29) is 11.4 Å². The summed E-state index contributed by atoms with van der Waals surface area (Å²) >= 11 is 0. The summed E-state index contributed by atoms with van der Waals surface area (Å²) in [5.41, 5.74) is 2.07. The van der Waals surface area contributed by atoms with E-state index in [2.05, 4.69) is 22.1 Å². The SMILES string of the molecule is N#Cc1nc2c(nc1C#N)C1C=CC2C1. The summed E-state index contributed by atoms with van der Waals surface area (Å²) in [6.45, 7) is 0. The zero-order chi connectivity index (χ0) is 10.4. The van der Waals surface area contributed by atoms with Crippen LogP contribution in [0.15, 0.2) is 12.2 Å². The van der Waals surface area contributed by atoms with Gasteiger partial charge in [-0.3, -0.25) is 0 Å². The first-order valence-electron chi connectivity index (χ1n) is 4.74. The first-order chi connectivity index (χ1) is 7.33.